The molecule has 0 aliphatic carbocycles. The summed E-state index contributed by atoms with van der Waals surface area (Å²) >= 11 is 0. The molecule has 0 saturated carbocycles. The summed E-state index contributed by atoms with van der Waals surface area (Å²) in [4.78, 5) is 0. The first kappa shape index (κ1) is 15.6. The largest absolute Gasteiger partial charge is 0.384 e. The van der Waals surface area contributed by atoms with Crippen molar-refractivity contribution in [3.63, 3.8) is 0 Å². The van der Waals surface area contributed by atoms with Gasteiger partial charge in [0.25, 0.3) is 0 Å². The topological polar surface area (TPSA) is 64.9 Å². The highest BCUT2D eigenvalue weighted by atomic mass is 16.5. The Hall–Kier alpha value is -1.79. The molecule has 1 aromatic heterocycles. The van der Waals surface area contributed by atoms with Crippen molar-refractivity contribution in [2.45, 2.75) is 26.8 Å². The fourth-order valence-corrected chi connectivity index (χ4v) is 2.12. The molecule has 1 N–H and O–H groups in total. The summed E-state index contributed by atoms with van der Waals surface area (Å²) < 4.78 is 6.97. The number of hydrogen-bond acceptors (Lipinski definition) is 5. The van der Waals surface area contributed by atoms with Crippen molar-refractivity contribution in [3.05, 3.63) is 35.7 Å². The van der Waals surface area contributed by atoms with Crippen molar-refractivity contribution < 1.29 is 4.74 Å². The van der Waals surface area contributed by atoms with E-state index in [2.05, 4.69) is 40.8 Å². The van der Waals surface area contributed by atoms with Gasteiger partial charge in [-0.25, -0.2) is 0 Å². The van der Waals surface area contributed by atoms with Gasteiger partial charge in [-0.3, -0.25) is 0 Å². The van der Waals surface area contributed by atoms with E-state index in [0.29, 0.717) is 19.1 Å². The Morgan fingerprint density at radius 3 is 2.86 bits per heavy atom. The van der Waals surface area contributed by atoms with Gasteiger partial charge >= 0.3 is 0 Å². The van der Waals surface area contributed by atoms with Gasteiger partial charge in [-0.2, -0.15) is 4.68 Å². The van der Waals surface area contributed by atoms with Crippen LogP contribution in [0.4, 0.5) is 0 Å². The van der Waals surface area contributed by atoms with Crippen LogP contribution in [0.25, 0.3) is 5.69 Å². The smallest absolute Gasteiger partial charge is 0.170 e. The molecule has 6 heteroatoms. The Morgan fingerprint density at radius 2 is 2.10 bits per heavy atom. The molecular formula is C15H23N5O. The zero-order valence-electron chi connectivity index (χ0n) is 12.9. The third kappa shape index (κ3) is 4.34. The highest BCUT2D eigenvalue weighted by Crippen LogP contribution is 2.15. The highest BCUT2D eigenvalue weighted by Gasteiger charge is 2.11. The van der Waals surface area contributed by atoms with Crippen LogP contribution >= 0.6 is 0 Å². The molecule has 0 bridgehead atoms. The summed E-state index contributed by atoms with van der Waals surface area (Å²) in [5.41, 5.74) is 2.19. The standard InChI is InChI=1S/C15H23N5O/c1-12(2)10-16-11-15-17-18-19-20(15)14-7-5-4-6-13(14)8-9-21-3/h4-7,12,16H,8-11H2,1-3H3. The Morgan fingerprint density at radius 1 is 1.29 bits per heavy atom. The third-order valence-corrected chi connectivity index (χ3v) is 3.17. The minimum absolute atomic E-state index is 0.600. The first-order valence-electron chi connectivity index (χ1n) is 7.27. The van der Waals surface area contributed by atoms with Gasteiger partial charge in [0.1, 0.15) is 0 Å². The number of nitrogens with zero attached hydrogens (tertiary/aromatic N) is 4. The van der Waals surface area contributed by atoms with Crippen molar-refractivity contribution >= 4 is 0 Å². The molecule has 0 aliphatic heterocycles. The SMILES string of the molecule is COCCc1ccccc1-n1nnnc1CNCC(C)C. The van der Waals surface area contributed by atoms with Gasteiger partial charge < -0.3 is 10.1 Å². The average molecular weight is 289 g/mol. The van der Waals surface area contributed by atoms with Gasteiger partial charge in [-0.1, -0.05) is 32.0 Å². The third-order valence-electron chi connectivity index (χ3n) is 3.17. The summed E-state index contributed by atoms with van der Waals surface area (Å²) in [6.07, 6.45) is 0.839. The van der Waals surface area contributed by atoms with Crippen LogP contribution in [-0.2, 0) is 17.7 Å². The molecule has 21 heavy (non-hydrogen) atoms. The fourth-order valence-electron chi connectivity index (χ4n) is 2.12. The minimum atomic E-state index is 0.600. The number of ether oxygens (including phenoxy) is 1. The van der Waals surface area contributed by atoms with Crippen molar-refractivity contribution in [1.29, 1.82) is 0 Å². The normalized spacial score (nSPS) is 11.2. The lowest BCUT2D eigenvalue weighted by molar-refractivity contribution is 0.202. The molecule has 0 saturated heterocycles. The molecular weight excluding hydrogens is 266 g/mol. The van der Waals surface area contributed by atoms with Crippen LogP contribution in [0.5, 0.6) is 0 Å². The summed E-state index contributed by atoms with van der Waals surface area (Å²) in [7, 11) is 1.71. The van der Waals surface area contributed by atoms with E-state index < -0.39 is 0 Å². The maximum absolute atomic E-state index is 5.17. The van der Waals surface area contributed by atoms with Crippen molar-refractivity contribution in [2.24, 2.45) is 5.92 Å². The average Bonchev–Trinajstić information content (AvgIpc) is 2.93. The van der Waals surface area contributed by atoms with E-state index in [1.807, 2.05) is 18.2 Å². The maximum atomic E-state index is 5.17. The molecule has 0 radical (unpaired) electrons. The molecule has 6 nitrogen and oxygen atoms in total. The van der Waals surface area contributed by atoms with E-state index in [4.69, 9.17) is 4.74 Å². The molecule has 114 valence electrons. The lowest BCUT2D eigenvalue weighted by Crippen LogP contribution is -2.21. The molecule has 2 rings (SSSR count). The molecule has 0 atom stereocenters. The summed E-state index contributed by atoms with van der Waals surface area (Å²) in [6.45, 7) is 6.63. The maximum Gasteiger partial charge on any atom is 0.170 e. The van der Waals surface area contributed by atoms with E-state index in [1.165, 1.54) is 5.56 Å². The first-order chi connectivity index (χ1) is 10.2. The number of benzene rings is 1. The highest BCUT2D eigenvalue weighted by molar-refractivity contribution is 5.40. The first-order valence-corrected chi connectivity index (χ1v) is 7.27. The van der Waals surface area contributed by atoms with Crippen LogP contribution in [0.3, 0.4) is 0 Å². The van der Waals surface area contributed by atoms with Crippen LogP contribution in [0.2, 0.25) is 0 Å². The van der Waals surface area contributed by atoms with Gasteiger partial charge in [0.2, 0.25) is 0 Å². The minimum Gasteiger partial charge on any atom is -0.384 e. The number of para-hydroxylation sites is 1. The Kier molecular flexibility index (Phi) is 5.83. The second-order valence-corrected chi connectivity index (χ2v) is 5.40. The fraction of sp³-hybridized carbons (Fsp3) is 0.533. The van der Waals surface area contributed by atoms with Crippen LogP contribution in [0.15, 0.2) is 24.3 Å². The molecule has 2 aromatic rings. The molecule has 1 heterocycles. The van der Waals surface area contributed by atoms with E-state index in [9.17, 15) is 0 Å². The lowest BCUT2D eigenvalue weighted by atomic mass is 10.1. The van der Waals surface area contributed by atoms with Gasteiger partial charge in [0, 0.05) is 7.11 Å². The van der Waals surface area contributed by atoms with Crippen molar-refractivity contribution in [3.8, 4) is 5.69 Å². The van der Waals surface area contributed by atoms with Gasteiger partial charge in [-0.05, 0) is 40.9 Å². The van der Waals surface area contributed by atoms with Crippen LogP contribution in [0, 0.1) is 5.92 Å². The van der Waals surface area contributed by atoms with E-state index in [-0.39, 0.29) is 0 Å². The number of aromatic nitrogens is 4. The van der Waals surface area contributed by atoms with Crippen molar-refractivity contribution in [2.75, 3.05) is 20.3 Å². The summed E-state index contributed by atoms with van der Waals surface area (Å²) in [5, 5.41) is 15.4. The molecule has 0 spiro atoms. The molecule has 0 amide bonds. The predicted molar refractivity (Wildman–Crippen MR) is 81.3 cm³/mol. The van der Waals surface area contributed by atoms with Gasteiger partial charge in [-0.15, -0.1) is 5.10 Å². The molecule has 0 aliphatic rings. The van der Waals surface area contributed by atoms with Crippen LogP contribution < -0.4 is 5.32 Å². The van der Waals surface area contributed by atoms with Crippen molar-refractivity contribution in [1.82, 2.24) is 25.5 Å². The van der Waals surface area contributed by atoms with Crippen LogP contribution in [-0.4, -0.2) is 40.5 Å². The van der Waals surface area contributed by atoms with Crippen LogP contribution in [0.1, 0.15) is 25.2 Å². The quantitative estimate of drug-likeness (QED) is 0.799. The Balaban J connectivity index is 2.16. The zero-order valence-corrected chi connectivity index (χ0v) is 12.9. The monoisotopic (exact) mass is 289 g/mol. The van der Waals surface area contributed by atoms with E-state index in [0.717, 1.165) is 24.5 Å². The van der Waals surface area contributed by atoms with E-state index >= 15 is 0 Å². The number of tetrazole rings is 1. The van der Waals surface area contributed by atoms with E-state index in [1.54, 1.807) is 11.8 Å². The number of hydrogen-bond donors (Lipinski definition) is 1. The number of nitrogens with one attached hydrogen (secondary N) is 1. The zero-order chi connectivity index (χ0) is 15.1. The number of methoxy groups -OCH3 is 1. The number of rotatable bonds is 8. The summed E-state index contributed by atoms with van der Waals surface area (Å²) in [5.74, 6) is 1.42. The Labute approximate surface area is 125 Å². The Bertz CT molecular complexity index is 553. The summed E-state index contributed by atoms with van der Waals surface area (Å²) in [6, 6.07) is 8.14. The second kappa shape index (κ2) is 7.85. The lowest BCUT2D eigenvalue weighted by Gasteiger charge is -2.11. The molecule has 0 unspecified atom stereocenters. The molecule has 1 aromatic carbocycles. The predicted octanol–water partition coefficient (Wildman–Crippen LogP) is 1.60. The molecule has 0 fully saturated rings. The second-order valence-electron chi connectivity index (χ2n) is 5.40. The van der Waals surface area contributed by atoms with Gasteiger partial charge in [0.05, 0.1) is 18.8 Å². The van der Waals surface area contributed by atoms with Gasteiger partial charge in [0.15, 0.2) is 5.82 Å².